The van der Waals surface area contributed by atoms with Crippen LogP contribution in [0.1, 0.15) is 5.56 Å². The second-order valence-corrected chi connectivity index (χ2v) is 3.09. The van der Waals surface area contributed by atoms with Gasteiger partial charge >= 0.3 is 58.4 Å². The quantitative estimate of drug-likeness (QED) is 0.548. The molecule has 0 radical (unpaired) electrons. The van der Waals surface area contributed by atoms with Crippen molar-refractivity contribution in [1.29, 1.82) is 0 Å². The number of rotatable bonds is 2. The fraction of sp³-hybridized carbons (Fsp3) is 0. The smallest absolute Gasteiger partial charge is 0.445 e. The molecule has 0 spiro atoms. The molecule has 0 atom stereocenters. The fourth-order valence-corrected chi connectivity index (χ4v) is 1.04. The van der Waals surface area contributed by atoms with Gasteiger partial charge in [-0.25, -0.2) is 4.39 Å². The fourth-order valence-electron chi connectivity index (χ4n) is 0.855. The van der Waals surface area contributed by atoms with Gasteiger partial charge in [-0.3, -0.25) is 0 Å². The Morgan fingerprint density at radius 2 is 1.80 bits per heavy atom. The summed E-state index contributed by atoms with van der Waals surface area (Å²) in [5, 5.41) is 0.195. The second-order valence-electron chi connectivity index (χ2n) is 2.65. The number of hydrogen-bond acceptors (Lipinski definition) is 0. The average molecular weight is 262 g/mol. The molecule has 0 amide bonds. The van der Waals surface area contributed by atoms with Crippen molar-refractivity contribution in [2.24, 2.45) is 0 Å². The maximum atomic E-state index is 12.9. The number of hydrogen-bond donors (Lipinski definition) is 0. The molecular weight excluding hydrogens is 257 g/mol. The van der Waals surface area contributed by atoms with E-state index in [4.69, 9.17) is 11.6 Å². The zero-order valence-corrected chi connectivity index (χ0v) is 11.7. The van der Waals surface area contributed by atoms with E-state index in [-0.39, 0.29) is 67.9 Å². The second kappa shape index (κ2) is 6.42. The third-order valence-corrected chi connectivity index (χ3v) is 1.69. The Hall–Kier alpha value is 0.671. The summed E-state index contributed by atoms with van der Waals surface area (Å²) in [5.74, 6) is -0.708. The van der Waals surface area contributed by atoms with Gasteiger partial charge in [-0.15, -0.1) is 5.98 Å². The van der Waals surface area contributed by atoms with Crippen LogP contribution in [0, 0.1) is 5.82 Å². The summed E-state index contributed by atoms with van der Waals surface area (Å²) in [4.78, 5) is 0. The predicted molar refractivity (Wildman–Crippen MR) is 49.5 cm³/mol. The molecule has 0 nitrogen and oxygen atoms in total. The van der Waals surface area contributed by atoms with Gasteiger partial charge in [0.05, 0.1) is 0 Å². The monoisotopic (exact) mass is 262 g/mol. The normalized spacial score (nSPS) is 11.5. The van der Waals surface area contributed by atoms with Crippen LogP contribution in [0.15, 0.2) is 24.2 Å². The van der Waals surface area contributed by atoms with Crippen LogP contribution in [-0.4, -0.2) is 6.98 Å². The molecule has 0 saturated carbocycles. The van der Waals surface area contributed by atoms with Crippen molar-refractivity contribution in [3.8, 4) is 0 Å². The molecule has 0 unspecified atom stereocenters. The Labute approximate surface area is 132 Å². The summed E-state index contributed by atoms with van der Waals surface area (Å²) in [6.45, 7) is -5.04. The van der Waals surface area contributed by atoms with Crippen LogP contribution in [-0.2, 0) is 0 Å². The Balaban J connectivity index is 0.00000196. The first-order chi connectivity index (χ1) is 6.38. The Morgan fingerprint density at radius 1 is 1.20 bits per heavy atom. The molecule has 0 bridgehead atoms. The van der Waals surface area contributed by atoms with Crippen molar-refractivity contribution in [2.75, 3.05) is 0 Å². The van der Waals surface area contributed by atoms with Crippen LogP contribution >= 0.6 is 11.6 Å². The molecular formula is C8H5BClF4K. The van der Waals surface area contributed by atoms with Gasteiger partial charge in [0, 0.05) is 10.6 Å². The number of benzene rings is 1. The molecule has 0 saturated heterocycles. The van der Waals surface area contributed by atoms with Crippen LogP contribution in [0.2, 0.25) is 5.02 Å². The summed E-state index contributed by atoms with van der Waals surface area (Å²) in [7, 11) is 0. The van der Waals surface area contributed by atoms with E-state index < -0.39 is 12.8 Å². The van der Waals surface area contributed by atoms with Gasteiger partial charge in [-0.2, -0.15) is 0 Å². The Morgan fingerprint density at radius 3 is 2.33 bits per heavy atom. The zero-order valence-electron chi connectivity index (χ0n) is 7.85. The first-order valence-corrected chi connectivity index (χ1v) is 4.10. The van der Waals surface area contributed by atoms with Gasteiger partial charge in [0.2, 0.25) is 0 Å². The summed E-state index contributed by atoms with van der Waals surface area (Å²) in [5.41, 5.74) is -0.170. The van der Waals surface area contributed by atoms with Gasteiger partial charge in [0.25, 0.3) is 0 Å². The minimum absolute atomic E-state index is 0. The molecule has 0 aliphatic carbocycles. The minimum atomic E-state index is -5.04. The minimum Gasteiger partial charge on any atom is -0.445 e. The van der Waals surface area contributed by atoms with Crippen LogP contribution in [0.4, 0.5) is 17.3 Å². The largest absolute Gasteiger partial charge is 1.00 e. The molecule has 1 aromatic rings. The third-order valence-electron chi connectivity index (χ3n) is 1.45. The molecule has 0 fully saturated rings. The van der Waals surface area contributed by atoms with Gasteiger partial charge in [0.15, 0.2) is 0 Å². The predicted octanol–water partition coefficient (Wildman–Crippen LogP) is 0.883. The van der Waals surface area contributed by atoms with Crippen molar-refractivity contribution < 1.29 is 68.7 Å². The molecule has 1 rings (SSSR count). The first kappa shape index (κ1) is 15.7. The van der Waals surface area contributed by atoms with Gasteiger partial charge in [-0.05, 0) is 18.2 Å². The molecule has 0 N–H and O–H groups in total. The maximum Gasteiger partial charge on any atom is 1.00 e. The summed E-state index contributed by atoms with van der Waals surface area (Å²) >= 11 is 5.49. The summed E-state index contributed by atoms with van der Waals surface area (Å²) < 4.78 is 48.3. The van der Waals surface area contributed by atoms with Crippen LogP contribution in [0.5, 0.6) is 0 Å². The van der Waals surface area contributed by atoms with E-state index in [1.807, 2.05) is 0 Å². The topological polar surface area (TPSA) is 0 Å². The van der Waals surface area contributed by atoms with E-state index in [1.54, 1.807) is 0 Å². The van der Waals surface area contributed by atoms with Gasteiger partial charge in [0.1, 0.15) is 5.82 Å². The van der Waals surface area contributed by atoms with Crippen molar-refractivity contribution in [3.05, 3.63) is 40.6 Å². The molecule has 0 aliphatic heterocycles. The molecule has 7 heteroatoms. The molecule has 1 aromatic carbocycles. The summed E-state index contributed by atoms with van der Waals surface area (Å²) in [6, 6.07) is 3.42. The zero-order chi connectivity index (χ0) is 10.8. The van der Waals surface area contributed by atoms with Crippen LogP contribution in [0.25, 0.3) is 6.08 Å². The summed E-state index contributed by atoms with van der Waals surface area (Å²) in [6.07, 6.45) is 0.668. The SMILES string of the molecule is Fc1ccc(Cl)cc1/C=C/[B-](F)(F)F.[K+]. The molecule has 0 heterocycles. The molecule has 76 valence electrons. The van der Waals surface area contributed by atoms with Crippen molar-refractivity contribution in [1.82, 2.24) is 0 Å². The maximum absolute atomic E-state index is 12.9. The van der Waals surface area contributed by atoms with E-state index in [0.717, 1.165) is 12.1 Å². The van der Waals surface area contributed by atoms with E-state index in [2.05, 4.69) is 0 Å². The standard InChI is InChI=1S/C8H5BClF4.K/c10-7-1-2-8(11)6(5-7)3-4-9(12,13)14;/h1-5H;/q-1;+1/b4-3+;. The number of halogens is 5. The molecule has 0 aromatic heterocycles. The van der Waals surface area contributed by atoms with E-state index in [0.29, 0.717) is 6.08 Å². The van der Waals surface area contributed by atoms with Crippen LogP contribution < -0.4 is 51.4 Å². The van der Waals surface area contributed by atoms with E-state index in [1.165, 1.54) is 6.07 Å². The molecule has 15 heavy (non-hydrogen) atoms. The first-order valence-electron chi connectivity index (χ1n) is 3.73. The van der Waals surface area contributed by atoms with Crippen molar-refractivity contribution in [2.45, 2.75) is 0 Å². The van der Waals surface area contributed by atoms with E-state index in [9.17, 15) is 17.3 Å². The van der Waals surface area contributed by atoms with Crippen molar-refractivity contribution >= 4 is 24.7 Å². The van der Waals surface area contributed by atoms with Crippen LogP contribution in [0.3, 0.4) is 0 Å². The Kier molecular flexibility index (Phi) is 6.70. The van der Waals surface area contributed by atoms with Gasteiger partial charge in [-0.1, -0.05) is 17.7 Å². The average Bonchev–Trinajstić information content (AvgIpc) is 2.05. The third kappa shape index (κ3) is 6.09. The van der Waals surface area contributed by atoms with Gasteiger partial charge < -0.3 is 12.9 Å². The van der Waals surface area contributed by atoms with E-state index >= 15 is 0 Å². The van der Waals surface area contributed by atoms with Crippen molar-refractivity contribution in [3.63, 3.8) is 0 Å². The molecule has 0 aliphatic rings. The Bertz CT molecular complexity index is 364.